The van der Waals surface area contributed by atoms with E-state index in [1.807, 2.05) is 30.3 Å². The van der Waals surface area contributed by atoms with Crippen molar-refractivity contribution in [1.29, 1.82) is 0 Å². The van der Waals surface area contributed by atoms with E-state index in [4.69, 9.17) is 0 Å². The van der Waals surface area contributed by atoms with E-state index in [1.165, 1.54) is 26.3 Å². The lowest BCUT2D eigenvalue weighted by molar-refractivity contribution is 0.590. The largest absolute Gasteiger partial charge is 0.310 e. The molecule has 19 aromatic rings. The van der Waals surface area contributed by atoms with Crippen molar-refractivity contribution in [1.82, 2.24) is 4.57 Å². The fraction of sp³-hybridized carbons (Fsp3) is 0.100. The second kappa shape index (κ2) is 31.2. The SMILES string of the molecule is [2H]c1c([2H])c([2H])c2c(c1[2H])c1c([2H])c(-c3ccccc3)c([2H])c([2H])c1n2-c1ccc2c(c1)N(c1c(-c3ccccc3)cc(C(C)(C)C)cc1-c1cccc(-c3ccccc3)c1)c1cc(C(C)(C)C)cc3c1B2c1cc(-c2ccc([Si](c4ccccc4)(c4ccccc4)c4ccccc4)cc2)ccc1N3c1c(-c2ccccc2)cc(C(C)(C)C)cc1-c1cccc(-c2ccccc2)c1. The van der Waals surface area contributed by atoms with Gasteiger partial charge in [-0.25, -0.2) is 0 Å². The molecule has 0 radical (unpaired) electrons. The second-order valence-corrected chi connectivity index (χ2v) is 40.4. The summed E-state index contributed by atoms with van der Waals surface area (Å²) in [6, 6.07) is 139. The molecule has 0 saturated heterocycles. The Labute approximate surface area is 747 Å². The first-order valence-electron chi connectivity index (χ1n) is 47.1. The van der Waals surface area contributed by atoms with Crippen molar-refractivity contribution in [2.45, 2.75) is 78.6 Å². The third kappa shape index (κ3) is 13.8. The maximum absolute atomic E-state index is 10.5. The molecule has 0 atom stereocenters. The summed E-state index contributed by atoms with van der Waals surface area (Å²) in [5, 5.41) is 5.37. The van der Waals surface area contributed by atoms with Gasteiger partial charge in [0.1, 0.15) is 0 Å². The second-order valence-electron chi connectivity index (χ2n) is 36.6. The summed E-state index contributed by atoms with van der Waals surface area (Å²) >= 11 is 0. The molecule has 0 amide bonds. The van der Waals surface area contributed by atoms with E-state index in [0.717, 1.165) is 140 Å². The predicted octanol–water partition coefficient (Wildman–Crippen LogP) is 27.5. The Morgan fingerprint density at radius 2 is 0.616 bits per heavy atom. The van der Waals surface area contributed by atoms with Crippen LogP contribution >= 0.6 is 0 Å². The van der Waals surface area contributed by atoms with Crippen LogP contribution in [0.2, 0.25) is 0 Å². The first kappa shape index (κ1) is 70.2. The van der Waals surface area contributed by atoms with Gasteiger partial charge in [0.15, 0.2) is 8.07 Å². The van der Waals surface area contributed by atoms with Crippen molar-refractivity contribution < 1.29 is 9.60 Å². The molecule has 0 unspecified atom stereocenters. The van der Waals surface area contributed by atoms with Gasteiger partial charge in [-0.3, -0.25) is 0 Å². The Hall–Kier alpha value is -14.4. The van der Waals surface area contributed by atoms with Crippen LogP contribution in [0, 0.1) is 0 Å². The summed E-state index contributed by atoms with van der Waals surface area (Å²) in [4.78, 5) is 5.17. The van der Waals surface area contributed by atoms with Crippen molar-refractivity contribution in [3.63, 3.8) is 0 Å². The minimum atomic E-state index is -3.00. The highest BCUT2D eigenvalue weighted by Crippen LogP contribution is 2.56. The number of hydrogen-bond donors (Lipinski definition) is 0. The molecular weight excluding hydrogens is 1520 g/mol. The van der Waals surface area contributed by atoms with Gasteiger partial charge in [0.05, 0.1) is 32.0 Å². The monoisotopic (exact) mass is 1630 g/mol. The van der Waals surface area contributed by atoms with E-state index in [2.05, 4.69) is 430 Å². The van der Waals surface area contributed by atoms with Crippen LogP contribution in [0.3, 0.4) is 0 Å². The molecule has 125 heavy (non-hydrogen) atoms. The zero-order valence-corrected chi connectivity index (χ0v) is 72.9. The summed E-state index contributed by atoms with van der Waals surface area (Å²) in [5.41, 5.74) is 26.8. The third-order valence-corrected chi connectivity index (χ3v) is 30.6. The van der Waals surface area contributed by atoms with Crippen LogP contribution in [0.1, 0.15) is 88.6 Å². The van der Waals surface area contributed by atoms with Crippen LogP contribution in [0.4, 0.5) is 34.1 Å². The van der Waals surface area contributed by atoms with Gasteiger partial charge in [-0.2, -0.15) is 0 Å². The fourth-order valence-electron chi connectivity index (χ4n) is 19.4. The van der Waals surface area contributed by atoms with Crippen LogP contribution in [-0.4, -0.2) is 19.4 Å². The minimum Gasteiger partial charge on any atom is -0.310 e. The lowest BCUT2D eigenvalue weighted by Gasteiger charge is -2.47. The molecule has 5 heteroatoms. The standard InChI is InChI=1S/C120H98BN3Si/c1-118(2,3)93-74-102(85-44-24-13-25-45-85)116(104(76-93)91-50-36-48-87(70-91)81-38-18-10-19-39-81)123-111-69-63-90(84-60-65-100(66-61-84)125(97-52-28-15-29-53-97,98-54-30-16-31-55-98)99-56-32-17-33-57-99)73-108(111)121-107-67-64-96(122-109-59-35-34-58-101(109)106-72-89(62-68-110(106)122)83-42-22-12-23-43-83)80-112(107)124(114-79-95(120(7,8)9)78-113(123)115(114)121)117-103(86-46-26-14-27-47-86)75-94(119(4,5)6)77-105(117)92-51-37-49-88(71-92)82-40-20-11-21-41-82/h10-80H,1-9H3/i34D,35D,58D,59D,62D,68D,72D. The number of anilines is 6. The van der Waals surface area contributed by atoms with Crippen LogP contribution < -0.4 is 46.9 Å². The number of hydrogen-bond acceptors (Lipinski definition) is 2. The fourth-order valence-corrected chi connectivity index (χ4v) is 24.2. The van der Waals surface area contributed by atoms with Crippen molar-refractivity contribution in [3.8, 4) is 94.7 Å². The molecule has 2 aliphatic rings. The first-order valence-corrected chi connectivity index (χ1v) is 45.6. The van der Waals surface area contributed by atoms with E-state index >= 15 is 0 Å². The molecule has 0 bridgehead atoms. The van der Waals surface area contributed by atoms with Crippen molar-refractivity contribution >= 4 is 108 Å². The molecule has 0 saturated carbocycles. The van der Waals surface area contributed by atoms with Gasteiger partial charge in [-0.1, -0.05) is 408 Å². The lowest BCUT2D eigenvalue weighted by atomic mass is 9.33. The maximum Gasteiger partial charge on any atom is 0.252 e. The minimum absolute atomic E-state index is 0.0995. The Morgan fingerprint density at radius 3 is 1.08 bits per heavy atom. The molecule has 2 aliphatic heterocycles. The molecule has 0 fully saturated rings. The van der Waals surface area contributed by atoms with E-state index in [9.17, 15) is 9.60 Å². The number of fused-ring (bicyclic) bond motifs is 7. The van der Waals surface area contributed by atoms with Crippen molar-refractivity contribution in [3.05, 3.63) is 447 Å². The van der Waals surface area contributed by atoms with Gasteiger partial charge in [-0.15, -0.1) is 0 Å². The highest BCUT2D eigenvalue weighted by Gasteiger charge is 2.48. The smallest absolute Gasteiger partial charge is 0.252 e. The summed E-state index contributed by atoms with van der Waals surface area (Å²) in [6.45, 7) is 20.2. The molecule has 18 aromatic carbocycles. The number of benzene rings is 18. The van der Waals surface area contributed by atoms with Gasteiger partial charge in [0.25, 0.3) is 6.71 Å². The average molecular weight is 1630 g/mol. The molecular formula is C120H98BN3Si. The van der Waals surface area contributed by atoms with Crippen LogP contribution in [0.15, 0.2) is 431 Å². The predicted molar refractivity (Wildman–Crippen MR) is 538 cm³/mol. The summed E-state index contributed by atoms with van der Waals surface area (Å²) in [5.74, 6) is 0. The number of rotatable bonds is 15. The highest BCUT2D eigenvalue weighted by atomic mass is 28.3. The van der Waals surface area contributed by atoms with Gasteiger partial charge >= 0.3 is 0 Å². The Bertz CT molecular complexity index is 7650. The van der Waals surface area contributed by atoms with E-state index in [0.29, 0.717) is 11.3 Å². The summed E-state index contributed by atoms with van der Waals surface area (Å²) in [6.07, 6.45) is 0. The van der Waals surface area contributed by atoms with Crippen LogP contribution in [0.5, 0.6) is 0 Å². The molecule has 0 N–H and O–H groups in total. The van der Waals surface area contributed by atoms with Gasteiger partial charge in [0.2, 0.25) is 0 Å². The number of para-hydroxylation sites is 1. The summed E-state index contributed by atoms with van der Waals surface area (Å²) < 4.78 is 72.2. The average Bonchev–Trinajstić information content (AvgIpc) is 0.912. The molecule has 1 aromatic heterocycles. The molecule has 21 rings (SSSR count). The lowest BCUT2D eigenvalue weighted by Crippen LogP contribution is -2.74. The first-order chi connectivity index (χ1) is 63.8. The van der Waals surface area contributed by atoms with Gasteiger partial charge in [-0.05, 0) is 222 Å². The third-order valence-electron chi connectivity index (χ3n) is 25.8. The Balaban J connectivity index is 0.935. The van der Waals surface area contributed by atoms with E-state index in [1.54, 1.807) is 4.57 Å². The van der Waals surface area contributed by atoms with Crippen LogP contribution in [-0.2, 0) is 16.2 Å². The molecule has 600 valence electrons. The molecule has 0 aliphatic carbocycles. The van der Waals surface area contributed by atoms with Gasteiger partial charge in [0, 0.05) is 61.5 Å². The molecule has 0 spiro atoms. The zero-order chi connectivity index (χ0) is 91.0. The normalized spacial score (nSPS) is 13.4. The molecule has 3 nitrogen and oxygen atoms in total. The number of nitrogens with zero attached hydrogens (tertiary/aromatic N) is 3. The van der Waals surface area contributed by atoms with E-state index < -0.39 is 32.3 Å². The quantitative estimate of drug-likeness (QED) is 0.0749. The zero-order valence-electron chi connectivity index (χ0n) is 78.9. The van der Waals surface area contributed by atoms with Crippen LogP contribution in [0.25, 0.3) is 117 Å². The maximum atomic E-state index is 10.5. The Morgan fingerprint density at radius 1 is 0.256 bits per heavy atom. The van der Waals surface area contributed by atoms with Crippen molar-refractivity contribution in [2.24, 2.45) is 0 Å². The molecule has 3 heterocycles. The topological polar surface area (TPSA) is 11.4 Å². The van der Waals surface area contributed by atoms with Gasteiger partial charge < -0.3 is 14.4 Å². The number of aromatic nitrogens is 1. The summed E-state index contributed by atoms with van der Waals surface area (Å²) in [7, 11) is -3.00. The van der Waals surface area contributed by atoms with Crippen molar-refractivity contribution in [2.75, 3.05) is 9.80 Å². The Kier molecular flexibility index (Phi) is 17.5. The van der Waals surface area contributed by atoms with E-state index in [-0.39, 0.29) is 68.4 Å². The highest BCUT2D eigenvalue weighted by molar-refractivity contribution is 7.20.